The molecule has 0 saturated carbocycles. The molecule has 4 aromatic heterocycles. The number of aromatic nitrogens is 5. The quantitative estimate of drug-likeness (QED) is 0.211. The molecule has 0 saturated heterocycles. The number of rotatable bonds is 4. The van der Waals surface area contributed by atoms with Crippen molar-refractivity contribution in [3.05, 3.63) is 157 Å². The van der Waals surface area contributed by atoms with Crippen LogP contribution < -0.4 is 0 Å². The Morgan fingerprint density at radius 2 is 1.29 bits per heavy atom. The number of nitrogens with zero attached hydrogens (tertiary/aromatic N) is 4. The average molecular weight is 630 g/mol. The van der Waals surface area contributed by atoms with Crippen molar-refractivity contribution >= 4 is 54.6 Å². The first kappa shape index (κ1) is 27.6. The number of H-pyrrole nitrogens is 1. The molecule has 0 atom stereocenters. The Morgan fingerprint density at radius 1 is 0.531 bits per heavy atom. The molecule has 1 N–H and O–H groups in total. The van der Waals surface area contributed by atoms with E-state index in [0.29, 0.717) is 0 Å². The van der Waals surface area contributed by atoms with Crippen LogP contribution in [0.15, 0.2) is 146 Å². The predicted molar refractivity (Wildman–Crippen MR) is 203 cm³/mol. The van der Waals surface area contributed by atoms with Gasteiger partial charge in [-0.2, -0.15) is 0 Å². The Kier molecular flexibility index (Phi) is 5.94. The van der Waals surface area contributed by atoms with Crippen molar-refractivity contribution in [1.82, 2.24) is 24.1 Å². The van der Waals surface area contributed by atoms with Gasteiger partial charge in [0.15, 0.2) is 0 Å². The fourth-order valence-electron chi connectivity index (χ4n) is 7.57. The van der Waals surface area contributed by atoms with Crippen molar-refractivity contribution in [2.45, 2.75) is 13.8 Å². The largest absolute Gasteiger partial charge is 0.354 e. The number of fused-ring (bicyclic) bond motifs is 7. The van der Waals surface area contributed by atoms with Gasteiger partial charge in [0, 0.05) is 50.1 Å². The van der Waals surface area contributed by atoms with Crippen molar-refractivity contribution in [2.75, 3.05) is 0 Å². The summed E-state index contributed by atoms with van der Waals surface area (Å²) in [4.78, 5) is 14.0. The minimum absolute atomic E-state index is 0.900. The first-order valence-corrected chi connectivity index (χ1v) is 16.7. The highest BCUT2D eigenvalue weighted by Crippen LogP contribution is 2.40. The third kappa shape index (κ3) is 4.12. The summed E-state index contributed by atoms with van der Waals surface area (Å²) in [6, 6.07) is 49.7. The van der Waals surface area contributed by atoms with E-state index in [9.17, 15) is 0 Å². The lowest BCUT2D eigenvalue weighted by atomic mass is 10.0. The van der Waals surface area contributed by atoms with E-state index in [1.54, 1.807) is 0 Å². The summed E-state index contributed by atoms with van der Waals surface area (Å²) in [5.41, 5.74) is 13.4. The Balaban J connectivity index is 1.27. The topological polar surface area (TPSA) is 51.4 Å². The SMILES string of the molecule is Cc1ccc(-n2c(-c3cccc4c3[nH]c3ccccc34)nc3c(-c4ccc5c6ccccc6n(-c6ccccn6)c5c4)cccc32)cc1C. The predicted octanol–water partition coefficient (Wildman–Crippen LogP) is 11.1. The molecule has 232 valence electrons. The zero-order valence-corrected chi connectivity index (χ0v) is 27.1. The van der Waals surface area contributed by atoms with Gasteiger partial charge in [0.1, 0.15) is 11.6 Å². The highest BCUT2D eigenvalue weighted by atomic mass is 15.1. The Labute approximate surface area is 282 Å². The minimum atomic E-state index is 0.900. The van der Waals surface area contributed by atoms with E-state index in [1.165, 1.54) is 32.7 Å². The number of hydrogen-bond acceptors (Lipinski definition) is 2. The maximum absolute atomic E-state index is 5.54. The van der Waals surface area contributed by atoms with E-state index >= 15 is 0 Å². The maximum Gasteiger partial charge on any atom is 0.147 e. The summed E-state index contributed by atoms with van der Waals surface area (Å²) in [5.74, 6) is 1.81. The fraction of sp³-hybridized carbons (Fsp3) is 0.0455. The van der Waals surface area contributed by atoms with Crippen LogP contribution in [0.1, 0.15) is 11.1 Å². The first-order valence-electron chi connectivity index (χ1n) is 16.7. The standard InChI is InChI=1S/C44H31N5/c1-27-20-22-30(25-28(27)2)48-39-18-10-13-31(43(39)47-44(48)36-15-9-14-35-32-11-3-5-16-37(32)46-42(35)36)29-21-23-34-33-12-4-6-17-38(33)49(40(34)26-29)41-19-7-8-24-45-41/h3-26,46H,1-2H3. The van der Waals surface area contributed by atoms with E-state index in [1.807, 2.05) is 18.3 Å². The van der Waals surface area contributed by atoms with E-state index in [4.69, 9.17) is 9.97 Å². The lowest BCUT2D eigenvalue weighted by molar-refractivity contribution is 1.08. The number of nitrogens with one attached hydrogen (secondary N) is 1. The molecule has 6 aromatic carbocycles. The fourth-order valence-corrected chi connectivity index (χ4v) is 7.57. The number of aromatic amines is 1. The molecule has 4 heterocycles. The number of pyridine rings is 1. The summed E-state index contributed by atoms with van der Waals surface area (Å²) in [6.45, 7) is 4.34. The van der Waals surface area contributed by atoms with E-state index < -0.39 is 0 Å². The van der Waals surface area contributed by atoms with Crippen LogP contribution in [0.25, 0.3) is 88.7 Å². The molecule has 0 aliphatic rings. The Morgan fingerprint density at radius 3 is 2.16 bits per heavy atom. The molecule has 10 aromatic rings. The molecule has 10 rings (SSSR count). The monoisotopic (exact) mass is 629 g/mol. The maximum atomic E-state index is 5.54. The zero-order valence-electron chi connectivity index (χ0n) is 27.1. The molecule has 0 aliphatic heterocycles. The van der Waals surface area contributed by atoms with Crippen LogP contribution in [0.2, 0.25) is 0 Å². The molecule has 0 aliphatic carbocycles. The second-order valence-corrected chi connectivity index (χ2v) is 12.9. The molecule has 0 amide bonds. The Bertz CT molecular complexity index is 2900. The second kappa shape index (κ2) is 10.5. The number of imidazole rings is 1. The van der Waals surface area contributed by atoms with Crippen molar-refractivity contribution in [3.8, 4) is 34.0 Å². The zero-order chi connectivity index (χ0) is 32.6. The van der Waals surface area contributed by atoms with Gasteiger partial charge >= 0.3 is 0 Å². The minimum Gasteiger partial charge on any atom is -0.354 e. The molecule has 49 heavy (non-hydrogen) atoms. The van der Waals surface area contributed by atoms with Gasteiger partial charge in [-0.25, -0.2) is 9.97 Å². The molecule has 5 nitrogen and oxygen atoms in total. The van der Waals surface area contributed by atoms with Gasteiger partial charge in [0.25, 0.3) is 0 Å². The molecular formula is C44H31N5. The van der Waals surface area contributed by atoms with Crippen LogP contribution in [0.5, 0.6) is 0 Å². The molecular weight excluding hydrogens is 599 g/mol. The van der Waals surface area contributed by atoms with Gasteiger partial charge in [0.2, 0.25) is 0 Å². The van der Waals surface area contributed by atoms with Crippen LogP contribution in [0.3, 0.4) is 0 Å². The van der Waals surface area contributed by atoms with Gasteiger partial charge in [-0.15, -0.1) is 0 Å². The smallest absolute Gasteiger partial charge is 0.147 e. The van der Waals surface area contributed by atoms with Crippen LogP contribution in [0.4, 0.5) is 0 Å². The van der Waals surface area contributed by atoms with Crippen LogP contribution in [-0.4, -0.2) is 24.1 Å². The summed E-state index contributed by atoms with van der Waals surface area (Å²) in [7, 11) is 0. The van der Waals surface area contributed by atoms with E-state index in [2.05, 4.69) is 155 Å². The van der Waals surface area contributed by atoms with Crippen molar-refractivity contribution in [2.24, 2.45) is 0 Å². The first-order chi connectivity index (χ1) is 24.1. The number of benzene rings is 6. The molecule has 0 fully saturated rings. The summed E-state index contributed by atoms with van der Waals surface area (Å²) in [5, 5.41) is 4.81. The molecule has 0 bridgehead atoms. The van der Waals surface area contributed by atoms with Crippen molar-refractivity contribution < 1.29 is 0 Å². The molecule has 0 spiro atoms. The summed E-state index contributed by atoms with van der Waals surface area (Å²) < 4.78 is 4.60. The van der Waals surface area contributed by atoms with Crippen molar-refractivity contribution in [1.29, 1.82) is 0 Å². The lowest BCUT2D eigenvalue weighted by Crippen LogP contribution is -1.99. The number of hydrogen-bond donors (Lipinski definition) is 1. The van der Waals surface area contributed by atoms with Gasteiger partial charge < -0.3 is 4.98 Å². The molecule has 5 heteroatoms. The van der Waals surface area contributed by atoms with Gasteiger partial charge in [-0.1, -0.05) is 84.9 Å². The van der Waals surface area contributed by atoms with E-state index in [0.717, 1.165) is 67.1 Å². The molecule has 0 unspecified atom stereocenters. The van der Waals surface area contributed by atoms with Crippen LogP contribution in [-0.2, 0) is 0 Å². The van der Waals surface area contributed by atoms with Gasteiger partial charge in [-0.05, 0) is 85.1 Å². The summed E-state index contributed by atoms with van der Waals surface area (Å²) >= 11 is 0. The van der Waals surface area contributed by atoms with Crippen molar-refractivity contribution in [3.63, 3.8) is 0 Å². The Hall–Kier alpha value is -6.46. The third-order valence-corrected chi connectivity index (χ3v) is 10.1. The van der Waals surface area contributed by atoms with Gasteiger partial charge in [0.05, 0.1) is 27.6 Å². The van der Waals surface area contributed by atoms with Crippen LogP contribution in [0, 0.1) is 13.8 Å². The molecule has 0 radical (unpaired) electrons. The highest BCUT2D eigenvalue weighted by molar-refractivity contribution is 6.13. The highest BCUT2D eigenvalue weighted by Gasteiger charge is 2.21. The third-order valence-electron chi connectivity index (χ3n) is 10.1. The van der Waals surface area contributed by atoms with Crippen LogP contribution >= 0.6 is 0 Å². The average Bonchev–Trinajstić information content (AvgIpc) is 3.82. The lowest BCUT2D eigenvalue weighted by Gasteiger charge is -2.12. The number of aryl methyl sites for hydroxylation is 2. The number of para-hydroxylation sites is 4. The van der Waals surface area contributed by atoms with Gasteiger partial charge in [-0.3, -0.25) is 9.13 Å². The van der Waals surface area contributed by atoms with E-state index in [-0.39, 0.29) is 0 Å². The normalized spacial score (nSPS) is 11.9. The summed E-state index contributed by atoms with van der Waals surface area (Å²) in [6.07, 6.45) is 1.86. The second-order valence-electron chi connectivity index (χ2n) is 12.9.